The third-order valence-electron chi connectivity index (χ3n) is 13.8. The van der Waals surface area contributed by atoms with E-state index in [9.17, 15) is 72.2 Å². The van der Waals surface area contributed by atoms with E-state index in [0.717, 1.165) is 21.6 Å². The van der Waals surface area contributed by atoms with Crippen molar-refractivity contribution in [2.75, 3.05) is 57.3 Å². The molecule has 2 saturated heterocycles. The number of benzene rings is 2. The van der Waals surface area contributed by atoms with Crippen molar-refractivity contribution in [3.63, 3.8) is 0 Å². The van der Waals surface area contributed by atoms with Gasteiger partial charge < -0.3 is 96.6 Å². The van der Waals surface area contributed by atoms with Gasteiger partial charge in [0.15, 0.2) is 0 Å². The minimum atomic E-state index is -2.13. The number of primary amides is 3. The largest absolute Gasteiger partial charge is 0.508 e. The maximum absolute atomic E-state index is 14.9. The van der Waals surface area contributed by atoms with E-state index in [-0.39, 0.29) is 75.2 Å². The molecule has 2 aromatic rings. The van der Waals surface area contributed by atoms with E-state index in [0.29, 0.717) is 24.0 Å². The number of aromatic hydroxyl groups is 1. The molecule has 87 heavy (non-hydrogen) atoms. The predicted octanol–water partition coefficient (Wildman–Crippen LogP) is -6.55. The molecular weight excluding hydrogens is 1180 g/mol. The number of hydrogen-bond acceptors (Lipinski definition) is 20. The Bertz CT molecular complexity index is 2770. The molecule has 0 saturated carbocycles. The van der Waals surface area contributed by atoms with Crippen LogP contribution in [0.1, 0.15) is 68.9 Å². The van der Waals surface area contributed by atoms with Gasteiger partial charge in [0.1, 0.15) is 53.8 Å². The fourth-order valence-corrected chi connectivity index (χ4v) is 11.4. The second kappa shape index (κ2) is 36.6. The summed E-state index contributed by atoms with van der Waals surface area (Å²) in [6.45, 7) is -2.66. The van der Waals surface area contributed by atoms with Gasteiger partial charge in [0.05, 0.1) is 38.6 Å². The first-order valence-electron chi connectivity index (χ1n) is 27.9. The fourth-order valence-electron chi connectivity index (χ4n) is 9.04. The highest BCUT2D eigenvalue weighted by atomic mass is 33.1. The van der Waals surface area contributed by atoms with Crippen molar-refractivity contribution in [2.45, 2.75) is 118 Å². The van der Waals surface area contributed by atoms with E-state index in [1.54, 1.807) is 42.5 Å². The van der Waals surface area contributed by atoms with Crippen LogP contribution < -0.4 is 81.8 Å². The molecule has 31 nitrogen and oxygen atoms in total. The monoisotopic (exact) mass is 1250 g/mol. The molecule has 0 unspecified atom stereocenters. The Hall–Kier alpha value is -8.40. The summed E-state index contributed by atoms with van der Waals surface area (Å²) in [7, 11) is 1.79. The number of phenols is 1. The standard InChI is InChI=1S/C54H78N16O15S2/c55-19-5-4-9-34(47(79)62-24-43(59)75)66-52(84)40-10-6-20-70(40)53(85)39-28-87-86-27-38(64-46(78)26-61-45(77)25-60-44(76)23-56)50(82)65-35(16-13-31-11-14-33(72)15-12-31)48(80)67-37(21-32-7-2-1-3-8-32)51(83)69-54(30-71,18-17-41(57)73)29-63-36(22-42(58)74)49(81)68-39/h1-3,7-8,11-12,14-15,30,34-40,63,72H,4-6,9-10,13,16-29,55-56H2,(H2,57,73)(H2,58,74)(H2,59,75)(H,60,76)(H,61,77)(H,62,79)(H,64,78)(H,65,82)(H,66,84)(H,67,80)(H,68,81)(H,69,83)/t34-,35-,36-,37-,38+,39-,40-,54+/m0/s1. The Balaban J connectivity index is 1.83. The molecule has 2 fully saturated rings. The molecule has 33 heteroatoms. The quantitative estimate of drug-likeness (QED) is 0.0225. The van der Waals surface area contributed by atoms with Gasteiger partial charge in [0.2, 0.25) is 76.8 Å². The molecule has 0 spiro atoms. The van der Waals surface area contributed by atoms with Gasteiger partial charge >= 0.3 is 0 Å². The molecular formula is C54H78N16O15S2. The molecule has 0 bridgehead atoms. The highest BCUT2D eigenvalue weighted by molar-refractivity contribution is 8.76. The minimum absolute atomic E-state index is 0.0336. The normalized spacial score (nSPS) is 21.8. The lowest BCUT2D eigenvalue weighted by molar-refractivity contribution is -0.142. The molecule has 13 amide bonds. The van der Waals surface area contributed by atoms with Crippen LogP contribution in [-0.4, -0.2) is 198 Å². The zero-order valence-electron chi connectivity index (χ0n) is 47.8. The van der Waals surface area contributed by atoms with Gasteiger partial charge in [0, 0.05) is 37.4 Å². The van der Waals surface area contributed by atoms with Crippen molar-refractivity contribution in [3.05, 3.63) is 65.7 Å². The molecule has 21 N–H and O–H groups in total. The van der Waals surface area contributed by atoms with E-state index >= 15 is 0 Å². The Morgan fingerprint density at radius 3 is 2.05 bits per heavy atom. The third kappa shape index (κ3) is 24.8. The van der Waals surface area contributed by atoms with Crippen LogP contribution in [0.3, 0.4) is 0 Å². The topological polar surface area (TPSA) is 513 Å². The summed E-state index contributed by atoms with van der Waals surface area (Å²) in [4.78, 5) is 190. The maximum Gasteiger partial charge on any atom is 0.246 e. The minimum Gasteiger partial charge on any atom is -0.508 e. The number of aryl methyl sites for hydroxylation is 1. The van der Waals surface area contributed by atoms with Crippen LogP contribution >= 0.6 is 21.6 Å². The average Bonchev–Trinajstić information content (AvgIpc) is 3.35. The van der Waals surface area contributed by atoms with Crippen LogP contribution in [0.4, 0.5) is 0 Å². The number of nitrogens with zero attached hydrogens (tertiary/aromatic N) is 1. The Kier molecular flexibility index (Phi) is 29.9. The first-order chi connectivity index (χ1) is 41.5. The summed E-state index contributed by atoms with van der Waals surface area (Å²) in [6.07, 6.45) is -0.493. The first kappa shape index (κ1) is 71.1. The summed E-state index contributed by atoms with van der Waals surface area (Å²) in [5.41, 5.74) is 26.4. The molecule has 8 atom stereocenters. The summed E-state index contributed by atoms with van der Waals surface area (Å²) in [5, 5.41) is 35.4. The summed E-state index contributed by atoms with van der Waals surface area (Å²) in [5.74, 6) is -12.2. The van der Waals surface area contributed by atoms with Crippen molar-refractivity contribution in [1.29, 1.82) is 0 Å². The van der Waals surface area contributed by atoms with Crippen molar-refractivity contribution in [3.8, 4) is 5.75 Å². The number of hydrogen-bond donors (Lipinski definition) is 16. The number of rotatable bonds is 27. The molecule has 2 aliphatic rings. The van der Waals surface area contributed by atoms with E-state index < -0.39 is 177 Å². The van der Waals surface area contributed by atoms with Crippen molar-refractivity contribution in [1.82, 2.24) is 58.1 Å². The van der Waals surface area contributed by atoms with Crippen molar-refractivity contribution < 1.29 is 72.2 Å². The number of unbranched alkanes of at least 4 members (excludes halogenated alkanes) is 1. The SMILES string of the molecule is NCCCC[C@H](NC(=O)[C@@H]1CCCN1C(=O)[C@@H]1CSSC[C@@H](NC(=O)CNC(=O)CNC(=O)CN)C(=O)N[C@@H](CCc2ccc(O)cc2)C(=O)N[C@@H](Cc2ccccc2)C(=O)N[C@](C=O)(CCC(N)=O)CN[C@@H](CC(N)=O)C(=O)N1)C(=O)NCC(N)=O. The van der Waals surface area contributed by atoms with E-state index in [2.05, 4.69) is 53.2 Å². The van der Waals surface area contributed by atoms with Gasteiger partial charge in [-0.05, 0) is 81.2 Å². The third-order valence-corrected chi connectivity index (χ3v) is 16.2. The number of nitrogens with one attached hydrogen (secondary N) is 10. The molecule has 2 aliphatic heterocycles. The van der Waals surface area contributed by atoms with Crippen molar-refractivity contribution in [2.24, 2.45) is 28.7 Å². The molecule has 0 aliphatic carbocycles. The van der Waals surface area contributed by atoms with Gasteiger partial charge in [-0.25, -0.2) is 0 Å². The number of phenolic OH excluding ortho intramolecular Hbond substituents is 1. The highest BCUT2D eigenvalue weighted by Gasteiger charge is 2.42. The smallest absolute Gasteiger partial charge is 0.246 e. The highest BCUT2D eigenvalue weighted by Crippen LogP contribution is 2.27. The van der Waals surface area contributed by atoms with Crippen LogP contribution in [0.2, 0.25) is 0 Å². The first-order valence-corrected chi connectivity index (χ1v) is 30.4. The van der Waals surface area contributed by atoms with E-state index in [1.165, 1.54) is 17.0 Å². The van der Waals surface area contributed by atoms with Crippen LogP contribution in [-0.2, 0) is 80.0 Å². The molecule has 2 aromatic carbocycles. The van der Waals surface area contributed by atoms with Gasteiger partial charge in [-0.15, -0.1) is 0 Å². The number of amides is 13. The van der Waals surface area contributed by atoms with Gasteiger partial charge in [0.25, 0.3) is 0 Å². The molecule has 476 valence electrons. The van der Waals surface area contributed by atoms with Crippen LogP contribution in [0.5, 0.6) is 5.75 Å². The Morgan fingerprint density at radius 2 is 1.39 bits per heavy atom. The second-order valence-electron chi connectivity index (χ2n) is 20.6. The van der Waals surface area contributed by atoms with Crippen LogP contribution in [0.15, 0.2) is 54.6 Å². The number of aldehydes is 1. The summed E-state index contributed by atoms with van der Waals surface area (Å²) in [6, 6.07) is 3.98. The van der Waals surface area contributed by atoms with E-state index in [4.69, 9.17) is 28.7 Å². The Morgan fingerprint density at radius 1 is 0.724 bits per heavy atom. The lowest BCUT2D eigenvalue weighted by Gasteiger charge is -2.34. The maximum atomic E-state index is 14.9. The van der Waals surface area contributed by atoms with Crippen LogP contribution in [0.25, 0.3) is 0 Å². The van der Waals surface area contributed by atoms with E-state index in [1.807, 2.05) is 0 Å². The van der Waals surface area contributed by atoms with Gasteiger partial charge in [-0.2, -0.15) is 0 Å². The molecule has 4 rings (SSSR count). The fraction of sp³-hybridized carbons (Fsp3) is 0.519. The number of carbonyl (C=O) groups excluding carboxylic acids is 14. The zero-order valence-corrected chi connectivity index (χ0v) is 49.4. The number of likely N-dealkylation sites (tertiary alicyclic amines) is 1. The predicted molar refractivity (Wildman–Crippen MR) is 317 cm³/mol. The van der Waals surface area contributed by atoms with Gasteiger partial charge in [-0.3, -0.25) is 62.3 Å². The lowest BCUT2D eigenvalue weighted by atomic mass is 9.92. The molecule has 2 heterocycles. The van der Waals surface area contributed by atoms with Crippen LogP contribution in [0, 0.1) is 0 Å². The zero-order chi connectivity index (χ0) is 64.1. The summed E-state index contributed by atoms with van der Waals surface area (Å²) < 4.78 is 0. The lowest BCUT2D eigenvalue weighted by Crippen LogP contribution is -2.64. The number of nitrogens with two attached hydrogens (primary N) is 5. The molecule has 0 aromatic heterocycles. The van der Waals surface area contributed by atoms with Gasteiger partial charge in [-0.1, -0.05) is 64.1 Å². The number of carbonyl (C=O) groups is 14. The second-order valence-corrected chi connectivity index (χ2v) is 23.1. The van der Waals surface area contributed by atoms with Crippen molar-refractivity contribution >= 4 is 105 Å². The molecule has 0 radical (unpaired) electrons. The average molecular weight is 1260 g/mol. The Labute approximate surface area is 508 Å². The summed E-state index contributed by atoms with van der Waals surface area (Å²) >= 11 is 0.